The second-order valence-electron chi connectivity index (χ2n) is 3.84. The number of carboxylic acid groups (broad SMARTS) is 1. The smallest absolute Gasteiger partial charge is 0.323 e. The van der Waals surface area contributed by atoms with Gasteiger partial charge in [0.2, 0.25) is 0 Å². The molecule has 0 amide bonds. The van der Waals surface area contributed by atoms with E-state index in [1.165, 1.54) is 6.20 Å². The molecule has 6 heteroatoms. The average Bonchev–Trinajstić information content (AvgIpc) is 2.45. The number of nitrogens with one attached hydrogen (secondary N) is 1. The molecule has 0 spiro atoms. The maximum Gasteiger partial charge on any atom is 0.323 e. The lowest BCUT2D eigenvalue weighted by molar-refractivity contribution is -0.143. The van der Waals surface area contributed by atoms with E-state index in [1.807, 2.05) is 0 Å². The number of halogens is 1. The first-order chi connectivity index (χ1) is 6.84. The number of aliphatic carboxylic acids is 1. The molecule has 84 valence electrons. The molecular weight excluding hydrogens is 218 g/mol. The summed E-state index contributed by atoms with van der Waals surface area (Å²) in [5.74, 6) is -0.197. The molecule has 0 aliphatic rings. The minimum absolute atomic E-state index is 0.364. The van der Waals surface area contributed by atoms with E-state index in [0.717, 1.165) is 0 Å². The van der Waals surface area contributed by atoms with Crippen LogP contribution in [0.2, 0.25) is 5.15 Å². The summed E-state index contributed by atoms with van der Waals surface area (Å²) in [6.45, 7) is 3.56. The zero-order valence-electron chi connectivity index (χ0n) is 8.91. The van der Waals surface area contributed by atoms with Crippen LogP contribution in [-0.2, 0) is 18.4 Å². The summed E-state index contributed by atoms with van der Waals surface area (Å²) in [7, 11) is 1.78. The van der Waals surface area contributed by atoms with Crippen molar-refractivity contribution >= 4 is 17.6 Å². The topological polar surface area (TPSA) is 67.2 Å². The van der Waals surface area contributed by atoms with Gasteiger partial charge in [0.25, 0.3) is 0 Å². The van der Waals surface area contributed by atoms with Crippen LogP contribution in [0.4, 0.5) is 0 Å². The van der Waals surface area contributed by atoms with E-state index in [4.69, 9.17) is 16.7 Å². The van der Waals surface area contributed by atoms with Crippen molar-refractivity contribution in [1.29, 1.82) is 0 Å². The van der Waals surface area contributed by atoms with Crippen molar-refractivity contribution in [3.8, 4) is 0 Å². The molecule has 1 aromatic heterocycles. The number of hydrogen-bond donors (Lipinski definition) is 2. The van der Waals surface area contributed by atoms with Crippen molar-refractivity contribution in [3.05, 3.63) is 17.2 Å². The van der Waals surface area contributed by atoms with Gasteiger partial charge in [0.1, 0.15) is 16.5 Å². The SMILES string of the molecule is Cn1c(Cl)cnc1CNC(C)(C)C(=O)O. The van der Waals surface area contributed by atoms with Gasteiger partial charge < -0.3 is 9.67 Å². The van der Waals surface area contributed by atoms with Gasteiger partial charge in [-0.1, -0.05) is 11.6 Å². The Bertz CT molecular complexity index is 373. The van der Waals surface area contributed by atoms with Gasteiger partial charge in [-0.05, 0) is 13.8 Å². The van der Waals surface area contributed by atoms with E-state index >= 15 is 0 Å². The highest BCUT2D eigenvalue weighted by Crippen LogP contribution is 2.10. The van der Waals surface area contributed by atoms with Crippen LogP contribution in [-0.4, -0.2) is 26.2 Å². The minimum Gasteiger partial charge on any atom is -0.480 e. The Morgan fingerprint density at radius 1 is 1.73 bits per heavy atom. The van der Waals surface area contributed by atoms with Crippen LogP contribution in [0.15, 0.2) is 6.20 Å². The molecule has 0 aliphatic heterocycles. The Morgan fingerprint density at radius 3 is 2.73 bits per heavy atom. The van der Waals surface area contributed by atoms with E-state index in [2.05, 4.69) is 10.3 Å². The van der Waals surface area contributed by atoms with E-state index in [-0.39, 0.29) is 0 Å². The molecule has 0 atom stereocenters. The summed E-state index contributed by atoms with van der Waals surface area (Å²) in [6.07, 6.45) is 1.53. The Hall–Kier alpha value is -1.07. The van der Waals surface area contributed by atoms with E-state index < -0.39 is 11.5 Å². The molecule has 1 heterocycles. The average molecular weight is 232 g/mol. The fourth-order valence-electron chi connectivity index (χ4n) is 0.964. The number of rotatable bonds is 4. The van der Waals surface area contributed by atoms with Gasteiger partial charge >= 0.3 is 5.97 Å². The van der Waals surface area contributed by atoms with E-state index in [9.17, 15) is 4.79 Å². The third-order valence-electron chi connectivity index (χ3n) is 2.25. The predicted molar refractivity (Wildman–Crippen MR) is 56.8 cm³/mol. The molecule has 2 N–H and O–H groups in total. The van der Waals surface area contributed by atoms with Gasteiger partial charge in [-0.15, -0.1) is 0 Å². The molecular formula is C9H14ClN3O2. The van der Waals surface area contributed by atoms with Crippen LogP contribution in [0.1, 0.15) is 19.7 Å². The van der Waals surface area contributed by atoms with Crippen LogP contribution < -0.4 is 5.32 Å². The zero-order valence-corrected chi connectivity index (χ0v) is 9.67. The highest BCUT2D eigenvalue weighted by atomic mass is 35.5. The van der Waals surface area contributed by atoms with Crippen LogP contribution in [0, 0.1) is 0 Å². The Balaban J connectivity index is 2.65. The summed E-state index contributed by atoms with van der Waals surface area (Å²) >= 11 is 5.80. The number of carbonyl (C=O) groups is 1. The van der Waals surface area contributed by atoms with Crippen molar-refractivity contribution in [2.24, 2.45) is 7.05 Å². The third-order valence-corrected chi connectivity index (χ3v) is 2.60. The largest absolute Gasteiger partial charge is 0.480 e. The lowest BCUT2D eigenvalue weighted by atomic mass is 10.1. The van der Waals surface area contributed by atoms with E-state index in [1.54, 1.807) is 25.5 Å². The lowest BCUT2D eigenvalue weighted by Gasteiger charge is -2.20. The Morgan fingerprint density at radius 2 is 2.33 bits per heavy atom. The predicted octanol–water partition coefficient (Wildman–Crippen LogP) is 1.03. The van der Waals surface area contributed by atoms with Gasteiger partial charge in [-0.25, -0.2) is 4.98 Å². The monoisotopic (exact) mass is 231 g/mol. The van der Waals surface area contributed by atoms with Gasteiger partial charge in [-0.2, -0.15) is 0 Å². The number of nitrogens with zero attached hydrogens (tertiary/aromatic N) is 2. The van der Waals surface area contributed by atoms with E-state index in [0.29, 0.717) is 17.5 Å². The normalized spacial score (nSPS) is 11.7. The van der Waals surface area contributed by atoms with Crippen LogP contribution >= 0.6 is 11.6 Å². The molecule has 0 bridgehead atoms. The minimum atomic E-state index is -0.974. The summed E-state index contributed by atoms with van der Waals surface area (Å²) in [5, 5.41) is 12.3. The third kappa shape index (κ3) is 2.70. The Labute approximate surface area is 93.1 Å². The van der Waals surface area contributed by atoms with Gasteiger partial charge in [0.05, 0.1) is 12.7 Å². The second-order valence-corrected chi connectivity index (χ2v) is 4.23. The van der Waals surface area contributed by atoms with Crippen molar-refractivity contribution < 1.29 is 9.90 Å². The molecule has 15 heavy (non-hydrogen) atoms. The second kappa shape index (κ2) is 4.20. The molecule has 0 saturated carbocycles. The summed E-state index contributed by atoms with van der Waals surface area (Å²) in [4.78, 5) is 14.9. The first-order valence-corrected chi connectivity index (χ1v) is 4.87. The van der Waals surface area contributed by atoms with Crippen molar-refractivity contribution in [1.82, 2.24) is 14.9 Å². The molecule has 0 radical (unpaired) electrons. The summed E-state index contributed by atoms with van der Waals surface area (Å²) in [6, 6.07) is 0. The standard InChI is InChI=1S/C9H14ClN3O2/c1-9(2,8(14)15)12-5-7-11-4-6(10)13(7)3/h4,12H,5H2,1-3H3,(H,14,15). The number of aromatic nitrogens is 2. The van der Waals surface area contributed by atoms with Crippen LogP contribution in [0.5, 0.6) is 0 Å². The number of carboxylic acids is 1. The van der Waals surface area contributed by atoms with Crippen LogP contribution in [0.3, 0.4) is 0 Å². The number of hydrogen-bond acceptors (Lipinski definition) is 3. The molecule has 0 aromatic carbocycles. The first kappa shape index (κ1) is 12.0. The highest BCUT2D eigenvalue weighted by molar-refractivity contribution is 6.29. The fraction of sp³-hybridized carbons (Fsp3) is 0.556. The number of imidazole rings is 1. The molecule has 5 nitrogen and oxygen atoms in total. The molecule has 1 rings (SSSR count). The van der Waals surface area contributed by atoms with Crippen molar-refractivity contribution in [2.45, 2.75) is 25.9 Å². The lowest BCUT2D eigenvalue weighted by Crippen LogP contribution is -2.46. The van der Waals surface area contributed by atoms with Crippen molar-refractivity contribution in [3.63, 3.8) is 0 Å². The molecule has 0 fully saturated rings. The molecule has 0 unspecified atom stereocenters. The maximum atomic E-state index is 10.8. The Kier molecular flexibility index (Phi) is 3.36. The maximum absolute atomic E-state index is 10.8. The quantitative estimate of drug-likeness (QED) is 0.812. The molecule has 0 aliphatic carbocycles. The van der Waals surface area contributed by atoms with Crippen LogP contribution in [0.25, 0.3) is 0 Å². The first-order valence-electron chi connectivity index (χ1n) is 4.49. The zero-order chi connectivity index (χ0) is 11.6. The van der Waals surface area contributed by atoms with Gasteiger partial charge in [0.15, 0.2) is 0 Å². The molecule has 1 aromatic rings. The highest BCUT2D eigenvalue weighted by Gasteiger charge is 2.26. The molecule has 0 saturated heterocycles. The fourth-order valence-corrected chi connectivity index (χ4v) is 1.11. The summed E-state index contributed by atoms with van der Waals surface area (Å²) < 4.78 is 1.70. The van der Waals surface area contributed by atoms with Gasteiger partial charge in [-0.3, -0.25) is 10.1 Å². The van der Waals surface area contributed by atoms with Crippen molar-refractivity contribution in [2.75, 3.05) is 0 Å². The summed E-state index contributed by atoms with van der Waals surface area (Å²) in [5.41, 5.74) is -0.974. The van der Waals surface area contributed by atoms with Gasteiger partial charge in [0, 0.05) is 7.05 Å².